The van der Waals surface area contributed by atoms with Crippen molar-refractivity contribution in [2.75, 3.05) is 18.0 Å². The quantitative estimate of drug-likeness (QED) is 0.841. The van der Waals surface area contributed by atoms with Gasteiger partial charge in [-0.2, -0.15) is 0 Å². The molecule has 1 unspecified atom stereocenters. The third-order valence-corrected chi connectivity index (χ3v) is 4.03. The van der Waals surface area contributed by atoms with Crippen molar-refractivity contribution in [3.8, 4) is 0 Å². The van der Waals surface area contributed by atoms with Crippen molar-refractivity contribution in [1.29, 1.82) is 0 Å². The average Bonchev–Trinajstić information content (AvgIpc) is 3.01. The normalized spacial score (nSPS) is 22.9. The molecular formula is C14H17N5. The third kappa shape index (κ3) is 2.09. The topological polar surface area (TPSA) is 46.8 Å². The van der Waals surface area contributed by atoms with Gasteiger partial charge >= 0.3 is 0 Å². The van der Waals surface area contributed by atoms with Crippen LogP contribution in [0.4, 0.5) is 5.82 Å². The predicted molar refractivity (Wildman–Crippen MR) is 72.1 cm³/mol. The van der Waals surface area contributed by atoms with Crippen LogP contribution in [0.5, 0.6) is 0 Å². The first-order valence-electron chi connectivity index (χ1n) is 6.98. The van der Waals surface area contributed by atoms with Gasteiger partial charge in [-0.25, -0.2) is 9.67 Å². The lowest BCUT2D eigenvalue weighted by Crippen LogP contribution is -2.21. The number of pyridine rings is 1. The van der Waals surface area contributed by atoms with E-state index in [9.17, 15) is 0 Å². The van der Waals surface area contributed by atoms with E-state index in [1.54, 1.807) is 0 Å². The Morgan fingerprint density at radius 1 is 1.16 bits per heavy atom. The van der Waals surface area contributed by atoms with Crippen LogP contribution < -0.4 is 4.90 Å². The molecule has 2 aromatic heterocycles. The van der Waals surface area contributed by atoms with Gasteiger partial charge in [0.1, 0.15) is 5.82 Å². The van der Waals surface area contributed by atoms with Crippen LogP contribution in [0.25, 0.3) is 0 Å². The highest BCUT2D eigenvalue weighted by atomic mass is 15.4. The second-order valence-corrected chi connectivity index (χ2v) is 5.47. The minimum atomic E-state index is 0.432. The molecule has 1 atom stereocenters. The molecule has 2 fully saturated rings. The Kier molecular flexibility index (Phi) is 2.50. The summed E-state index contributed by atoms with van der Waals surface area (Å²) >= 11 is 0. The molecule has 1 aliphatic heterocycles. The van der Waals surface area contributed by atoms with Crippen molar-refractivity contribution in [3.05, 3.63) is 36.3 Å². The molecule has 2 aromatic rings. The first-order valence-corrected chi connectivity index (χ1v) is 6.98. The number of hydrogen-bond acceptors (Lipinski definition) is 4. The fraction of sp³-hybridized carbons (Fsp3) is 0.500. The van der Waals surface area contributed by atoms with Crippen molar-refractivity contribution < 1.29 is 0 Å². The molecule has 3 heterocycles. The molecule has 1 aliphatic carbocycles. The Morgan fingerprint density at radius 2 is 2.11 bits per heavy atom. The molecule has 1 saturated carbocycles. The van der Waals surface area contributed by atoms with Gasteiger partial charge in [0.15, 0.2) is 0 Å². The van der Waals surface area contributed by atoms with Crippen LogP contribution in [0.1, 0.15) is 36.9 Å². The Hall–Kier alpha value is -1.91. The van der Waals surface area contributed by atoms with Crippen molar-refractivity contribution in [1.82, 2.24) is 20.0 Å². The van der Waals surface area contributed by atoms with E-state index in [1.165, 1.54) is 18.5 Å². The standard InChI is InChI=1S/C14H17N5/c1-2-7-15-14(3-1)18-8-6-12(9-18)19-10-13(16-17-19)11-4-5-11/h1-3,7,10-12H,4-6,8-9H2. The van der Waals surface area contributed by atoms with Crippen LogP contribution in [0.2, 0.25) is 0 Å². The van der Waals surface area contributed by atoms with Gasteiger partial charge in [0.25, 0.3) is 0 Å². The Balaban J connectivity index is 1.48. The van der Waals surface area contributed by atoms with Crippen molar-refractivity contribution >= 4 is 5.82 Å². The molecule has 4 rings (SSSR count). The fourth-order valence-electron chi connectivity index (χ4n) is 2.74. The maximum absolute atomic E-state index is 4.41. The zero-order valence-corrected chi connectivity index (χ0v) is 10.8. The molecule has 0 aromatic carbocycles. The first-order chi connectivity index (χ1) is 9.40. The van der Waals surface area contributed by atoms with Crippen LogP contribution in [0.3, 0.4) is 0 Å². The zero-order chi connectivity index (χ0) is 12.7. The summed E-state index contributed by atoms with van der Waals surface area (Å²) in [6, 6.07) is 6.49. The molecule has 5 nitrogen and oxygen atoms in total. The molecule has 0 amide bonds. The number of nitrogens with zero attached hydrogens (tertiary/aromatic N) is 5. The molecule has 0 N–H and O–H groups in total. The molecule has 0 spiro atoms. The molecular weight excluding hydrogens is 238 g/mol. The lowest BCUT2D eigenvalue weighted by Gasteiger charge is -2.16. The van der Waals surface area contributed by atoms with Gasteiger partial charge in [-0.3, -0.25) is 0 Å². The maximum Gasteiger partial charge on any atom is 0.128 e. The summed E-state index contributed by atoms with van der Waals surface area (Å²) < 4.78 is 2.05. The highest BCUT2D eigenvalue weighted by Crippen LogP contribution is 2.39. The van der Waals surface area contributed by atoms with E-state index in [2.05, 4.69) is 37.1 Å². The Bertz CT molecular complexity index is 560. The van der Waals surface area contributed by atoms with E-state index < -0.39 is 0 Å². The number of rotatable bonds is 3. The molecule has 0 bridgehead atoms. The summed E-state index contributed by atoms with van der Waals surface area (Å²) in [5, 5.41) is 8.61. The van der Waals surface area contributed by atoms with Crippen LogP contribution >= 0.6 is 0 Å². The maximum atomic E-state index is 4.41. The summed E-state index contributed by atoms with van der Waals surface area (Å²) in [7, 11) is 0. The van der Waals surface area contributed by atoms with E-state index in [0.717, 1.165) is 25.3 Å². The van der Waals surface area contributed by atoms with E-state index in [-0.39, 0.29) is 0 Å². The Labute approximate surface area is 112 Å². The fourth-order valence-corrected chi connectivity index (χ4v) is 2.74. The van der Waals surface area contributed by atoms with Gasteiger partial charge in [0.05, 0.1) is 11.7 Å². The molecule has 98 valence electrons. The van der Waals surface area contributed by atoms with Gasteiger partial charge in [-0.1, -0.05) is 11.3 Å². The third-order valence-electron chi connectivity index (χ3n) is 4.03. The highest BCUT2D eigenvalue weighted by molar-refractivity contribution is 5.39. The highest BCUT2D eigenvalue weighted by Gasteiger charge is 2.29. The summed E-state index contributed by atoms with van der Waals surface area (Å²) in [5.74, 6) is 1.74. The van der Waals surface area contributed by atoms with E-state index in [1.807, 2.05) is 18.3 Å². The first kappa shape index (κ1) is 11.0. The van der Waals surface area contributed by atoms with E-state index in [0.29, 0.717) is 12.0 Å². The smallest absolute Gasteiger partial charge is 0.128 e. The van der Waals surface area contributed by atoms with Crippen LogP contribution in [0.15, 0.2) is 30.6 Å². The lowest BCUT2D eigenvalue weighted by molar-refractivity contribution is 0.479. The second-order valence-electron chi connectivity index (χ2n) is 5.47. The summed E-state index contributed by atoms with van der Waals surface area (Å²) in [4.78, 5) is 6.74. The number of anilines is 1. The minimum absolute atomic E-state index is 0.432. The van der Waals surface area contributed by atoms with Crippen molar-refractivity contribution in [2.24, 2.45) is 0 Å². The molecule has 5 heteroatoms. The molecule has 19 heavy (non-hydrogen) atoms. The van der Waals surface area contributed by atoms with Gasteiger partial charge in [0.2, 0.25) is 0 Å². The zero-order valence-electron chi connectivity index (χ0n) is 10.8. The van der Waals surface area contributed by atoms with Crippen LogP contribution in [0, 0.1) is 0 Å². The van der Waals surface area contributed by atoms with Gasteiger partial charge in [-0.05, 0) is 31.4 Å². The number of aromatic nitrogens is 4. The van der Waals surface area contributed by atoms with E-state index in [4.69, 9.17) is 0 Å². The van der Waals surface area contributed by atoms with Crippen molar-refractivity contribution in [3.63, 3.8) is 0 Å². The van der Waals surface area contributed by atoms with Gasteiger partial charge in [0, 0.05) is 31.4 Å². The van der Waals surface area contributed by atoms with Crippen molar-refractivity contribution in [2.45, 2.75) is 31.2 Å². The average molecular weight is 255 g/mol. The summed E-state index contributed by atoms with van der Waals surface area (Å²) in [6.07, 6.45) is 7.67. The van der Waals surface area contributed by atoms with Crippen LogP contribution in [-0.4, -0.2) is 33.1 Å². The SMILES string of the molecule is c1ccc(N2CCC(n3cc(C4CC4)nn3)C2)nc1. The van der Waals surface area contributed by atoms with Gasteiger partial charge < -0.3 is 4.90 Å². The summed E-state index contributed by atoms with van der Waals surface area (Å²) in [5.41, 5.74) is 1.18. The second kappa shape index (κ2) is 4.33. The minimum Gasteiger partial charge on any atom is -0.354 e. The monoisotopic (exact) mass is 255 g/mol. The molecule has 1 saturated heterocycles. The molecule has 0 radical (unpaired) electrons. The summed E-state index contributed by atoms with van der Waals surface area (Å²) in [6.45, 7) is 2.02. The predicted octanol–water partition coefficient (Wildman–Crippen LogP) is 2.00. The number of hydrogen-bond donors (Lipinski definition) is 0. The van der Waals surface area contributed by atoms with E-state index >= 15 is 0 Å². The molecule has 2 aliphatic rings. The Morgan fingerprint density at radius 3 is 2.89 bits per heavy atom. The largest absolute Gasteiger partial charge is 0.354 e. The van der Waals surface area contributed by atoms with Gasteiger partial charge in [-0.15, -0.1) is 5.10 Å². The van der Waals surface area contributed by atoms with Crippen LogP contribution in [-0.2, 0) is 0 Å². The lowest BCUT2D eigenvalue weighted by atomic mass is 10.2.